The summed E-state index contributed by atoms with van der Waals surface area (Å²) in [5.74, 6) is 3.63. The van der Waals surface area contributed by atoms with Crippen LogP contribution in [0.15, 0.2) is 41.9 Å². The minimum atomic E-state index is 0.488. The second kappa shape index (κ2) is 9.75. The number of guanidine groups is 1. The van der Waals surface area contributed by atoms with Crippen molar-refractivity contribution in [3.05, 3.63) is 54.1 Å². The van der Waals surface area contributed by atoms with Crippen LogP contribution < -0.4 is 15.4 Å². The number of aryl methyl sites for hydroxylation is 1. The van der Waals surface area contributed by atoms with E-state index in [1.165, 1.54) is 19.3 Å². The van der Waals surface area contributed by atoms with Crippen LogP contribution >= 0.6 is 0 Å². The van der Waals surface area contributed by atoms with E-state index in [-0.39, 0.29) is 0 Å². The highest BCUT2D eigenvalue weighted by atomic mass is 16.5. The highest BCUT2D eigenvalue weighted by molar-refractivity contribution is 5.79. The highest BCUT2D eigenvalue weighted by Gasteiger charge is 2.14. The van der Waals surface area contributed by atoms with E-state index in [0.717, 1.165) is 41.9 Å². The van der Waals surface area contributed by atoms with E-state index in [9.17, 15) is 0 Å². The van der Waals surface area contributed by atoms with Gasteiger partial charge in [0, 0.05) is 32.1 Å². The minimum Gasteiger partial charge on any atom is -0.489 e. The molecule has 0 saturated carbocycles. The van der Waals surface area contributed by atoms with Crippen molar-refractivity contribution in [1.82, 2.24) is 25.4 Å². The van der Waals surface area contributed by atoms with Crippen LogP contribution in [0.2, 0.25) is 0 Å². The number of fused-ring (bicyclic) bond motifs is 1. The van der Waals surface area contributed by atoms with Crippen LogP contribution in [0.1, 0.15) is 36.5 Å². The Hall–Kier alpha value is -2.83. The lowest BCUT2D eigenvalue weighted by Gasteiger charge is -2.14. The molecular formula is C20H28N6O. The molecule has 0 atom stereocenters. The summed E-state index contributed by atoms with van der Waals surface area (Å²) >= 11 is 0. The van der Waals surface area contributed by atoms with Gasteiger partial charge in [-0.15, -0.1) is 10.2 Å². The zero-order chi connectivity index (χ0) is 18.9. The van der Waals surface area contributed by atoms with Crippen LogP contribution in [0.25, 0.3) is 0 Å². The fraction of sp³-hybridized carbons (Fsp3) is 0.450. The number of aromatic nitrogens is 3. The molecule has 2 heterocycles. The molecule has 144 valence electrons. The molecule has 27 heavy (non-hydrogen) atoms. The Morgan fingerprint density at radius 3 is 2.93 bits per heavy atom. The van der Waals surface area contributed by atoms with E-state index < -0.39 is 0 Å². The lowest BCUT2D eigenvalue weighted by Crippen LogP contribution is -2.37. The number of hydrogen-bond donors (Lipinski definition) is 2. The number of para-hydroxylation sites is 1. The first-order valence-electron chi connectivity index (χ1n) is 9.49. The molecule has 0 bridgehead atoms. The maximum Gasteiger partial charge on any atom is 0.191 e. The molecule has 7 heteroatoms. The first kappa shape index (κ1) is 18.9. The largest absolute Gasteiger partial charge is 0.489 e. The number of aliphatic imine (C=N–C) groups is 1. The molecule has 0 fully saturated rings. The highest BCUT2D eigenvalue weighted by Crippen LogP contribution is 2.17. The van der Waals surface area contributed by atoms with Gasteiger partial charge in [-0.2, -0.15) is 0 Å². The van der Waals surface area contributed by atoms with Crippen molar-refractivity contribution < 1.29 is 4.74 Å². The monoisotopic (exact) mass is 368 g/mol. The summed E-state index contributed by atoms with van der Waals surface area (Å²) in [5, 5.41) is 15.4. The summed E-state index contributed by atoms with van der Waals surface area (Å²) in [6.45, 7) is 6.40. The van der Waals surface area contributed by atoms with Crippen molar-refractivity contribution in [3.8, 4) is 5.75 Å². The fourth-order valence-corrected chi connectivity index (χ4v) is 3.18. The molecule has 0 saturated heterocycles. The van der Waals surface area contributed by atoms with E-state index in [4.69, 9.17) is 4.74 Å². The third kappa shape index (κ3) is 5.09. The van der Waals surface area contributed by atoms with Crippen molar-refractivity contribution in [2.45, 2.75) is 45.3 Å². The fourth-order valence-electron chi connectivity index (χ4n) is 3.18. The number of nitrogens with one attached hydrogen (secondary N) is 2. The Labute approximate surface area is 160 Å². The molecule has 0 aliphatic carbocycles. The molecule has 7 nitrogen and oxygen atoms in total. The maximum atomic E-state index is 5.71. The predicted octanol–water partition coefficient (Wildman–Crippen LogP) is 2.43. The van der Waals surface area contributed by atoms with Crippen molar-refractivity contribution in [3.63, 3.8) is 0 Å². The van der Waals surface area contributed by atoms with E-state index in [1.807, 2.05) is 24.3 Å². The molecular weight excluding hydrogens is 340 g/mol. The van der Waals surface area contributed by atoms with Gasteiger partial charge in [-0.25, -0.2) is 0 Å². The second-order valence-corrected chi connectivity index (χ2v) is 6.48. The van der Waals surface area contributed by atoms with Crippen molar-refractivity contribution in [1.29, 1.82) is 0 Å². The molecule has 0 unspecified atom stereocenters. The molecule has 2 N–H and O–H groups in total. The molecule has 0 spiro atoms. The minimum absolute atomic E-state index is 0.488. The van der Waals surface area contributed by atoms with Crippen LogP contribution in [0.5, 0.6) is 5.75 Å². The molecule has 1 aliphatic rings. The van der Waals surface area contributed by atoms with Gasteiger partial charge < -0.3 is 19.9 Å². The zero-order valence-corrected chi connectivity index (χ0v) is 15.9. The number of hydrogen-bond acceptors (Lipinski definition) is 4. The van der Waals surface area contributed by atoms with Gasteiger partial charge in [0.15, 0.2) is 11.8 Å². The van der Waals surface area contributed by atoms with Crippen LogP contribution in [0.4, 0.5) is 0 Å². The van der Waals surface area contributed by atoms with Crippen LogP contribution in [0.3, 0.4) is 0 Å². The van der Waals surface area contributed by atoms with Crippen molar-refractivity contribution in [2.75, 3.05) is 13.7 Å². The number of nitrogens with zero attached hydrogens (tertiary/aromatic N) is 4. The standard InChI is InChI=1S/C20H28N6O/c1-3-13-27-17-10-7-6-9-16(17)14-22-20(21-2)23-15-19-25-24-18-11-5-4-8-12-26(18)19/h3,6-7,9-10H,1,4-5,8,11-15H2,2H3,(H2,21,22,23). The number of ether oxygens (including phenoxy) is 1. The van der Waals surface area contributed by atoms with Gasteiger partial charge >= 0.3 is 0 Å². The summed E-state index contributed by atoms with van der Waals surface area (Å²) in [5.41, 5.74) is 1.07. The SMILES string of the molecule is C=CCOc1ccccc1CNC(=NC)NCc1nnc2n1CCCCC2. The van der Waals surface area contributed by atoms with Crippen LogP contribution in [-0.2, 0) is 26.1 Å². The summed E-state index contributed by atoms with van der Waals surface area (Å²) in [6.07, 6.45) is 6.40. The lowest BCUT2D eigenvalue weighted by atomic mass is 10.2. The summed E-state index contributed by atoms with van der Waals surface area (Å²) in [7, 11) is 1.76. The molecule has 2 aromatic rings. The Kier molecular flexibility index (Phi) is 6.84. The van der Waals surface area contributed by atoms with Crippen LogP contribution in [0, 0.1) is 0 Å². The Balaban J connectivity index is 1.56. The topological polar surface area (TPSA) is 76.4 Å². The van der Waals surface area contributed by atoms with Gasteiger partial charge in [0.2, 0.25) is 0 Å². The predicted molar refractivity (Wildman–Crippen MR) is 107 cm³/mol. The van der Waals surface area contributed by atoms with Gasteiger partial charge in [0.1, 0.15) is 18.2 Å². The molecule has 1 aliphatic heterocycles. The van der Waals surface area contributed by atoms with Gasteiger partial charge in [-0.1, -0.05) is 37.3 Å². The van der Waals surface area contributed by atoms with Gasteiger partial charge in [-0.05, 0) is 18.9 Å². The van der Waals surface area contributed by atoms with Gasteiger partial charge in [-0.3, -0.25) is 4.99 Å². The van der Waals surface area contributed by atoms with E-state index >= 15 is 0 Å². The third-order valence-corrected chi connectivity index (χ3v) is 4.60. The molecule has 0 amide bonds. The summed E-state index contributed by atoms with van der Waals surface area (Å²) in [4.78, 5) is 4.30. The number of rotatable bonds is 7. The Morgan fingerprint density at radius 2 is 2.07 bits per heavy atom. The lowest BCUT2D eigenvalue weighted by molar-refractivity contribution is 0.358. The summed E-state index contributed by atoms with van der Waals surface area (Å²) < 4.78 is 7.95. The van der Waals surface area contributed by atoms with E-state index in [0.29, 0.717) is 19.7 Å². The smallest absolute Gasteiger partial charge is 0.191 e. The quantitative estimate of drug-likeness (QED) is 0.446. The van der Waals surface area contributed by atoms with Crippen molar-refractivity contribution in [2.24, 2.45) is 4.99 Å². The summed E-state index contributed by atoms with van der Waals surface area (Å²) in [6, 6.07) is 7.96. The molecule has 1 aromatic heterocycles. The first-order chi connectivity index (χ1) is 13.3. The number of benzene rings is 1. The second-order valence-electron chi connectivity index (χ2n) is 6.48. The average Bonchev–Trinajstić information content (AvgIpc) is 2.93. The average molecular weight is 368 g/mol. The van der Waals surface area contributed by atoms with E-state index in [1.54, 1.807) is 13.1 Å². The normalized spacial score (nSPS) is 14.2. The maximum absolute atomic E-state index is 5.71. The first-order valence-corrected chi connectivity index (χ1v) is 9.49. The van der Waals surface area contributed by atoms with E-state index in [2.05, 4.69) is 37.0 Å². The molecule has 3 rings (SSSR count). The van der Waals surface area contributed by atoms with Crippen molar-refractivity contribution >= 4 is 5.96 Å². The van der Waals surface area contributed by atoms with Crippen LogP contribution in [-0.4, -0.2) is 34.4 Å². The van der Waals surface area contributed by atoms with Gasteiger partial charge in [0.25, 0.3) is 0 Å². The Morgan fingerprint density at radius 1 is 1.22 bits per heavy atom. The Bertz CT molecular complexity index is 783. The van der Waals surface area contributed by atoms with Gasteiger partial charge in [0.05, 0.1) is 6.54 Å². The zero-order valence-electron chi connectivity index (χ0n) is 15.9. The molecule has 1 aromatic carbocycles. The third-order valence-electron chi connectivity index (χ3n) is 4.60. The molecule has 0 radical (unpaired) electrons.